The molecule has 2 N–H and O–H groups in total. The molecule has 0 aromatic carbocycles. The lowest BCUT2D eigenvalue weighted by atomic mass is 9.82. The quantitative estimate of drug-likeness (QED) is 0.753. The van der Waals surface area contributed by atoms with Crippen molar-refractivity contribution in [3.8, 4) is 0 Å². The van der Waals surface area contributed by atoms with E-state index in [9.17, 15) is 4.79 Å². The summed E-state index contributed by atoms with van der Waals surface area (Å²) in [7, 11) is 0. The van der Waals surface area contributed by atoms with Gasteiger partial charge in [0.2, 0.25) is 0 Å². The van der Waals surface area contributed by atoms with Crippen molar-refractivity contribution in [1.29, 1.82) is 0 Å². The highest BCUT2D eigenvalue weighted by Gasteiger charge is 2.32. The Hall–Kier alpha value is -0.650. The van der Waals surface area contributed by atoms with Crippen LogP contribution in [0.25, 0.3) is 0 Å². The standard InChI is InChI=1S/C12H22N2O3/c1-9(17-11-6-10(7-11)8-13)12(15)14-2-4-16-5-3-14/h9-11H,2-8,13H2,1H3. The van der Waals surface area contributed by atoms with Gasteiger partial charge < -0.3 is 20.1 Å². The summed E-state index contributed by atoms with van der Waals surface area (Å²) in [6.45, 7) is 5.21. The van der Waals surface area contributed by atoms with Crippen molar-refractivity contribution in [3.63, 3.8) is 0 Å². The molecule has 0 spiro atoms. The summed E-state index contributed by atoms with van der Waals surface area (Å²) in [5.41, 5.74) is 5.56. The van der Waals surface area contributed by atoms with E-state index in [4.69, 9.17) is 15.2 Å². The molecular weight excluding hydrogens is 220 g/mol. The van der Waals surface area contributed by atoms with Crippen molar-refractivity contribution < 1.29 is 14.3 Å². The molecule has 1 heterocycles. The number of nitrogens with two attached hydrogens (primary N) is 1. The van der Waals surface area contributed by atoms with E-state index in [2.05, 4.69) is 0 Å². The molecule has 1 aliphatic carbocycles. The van der Waals surface area contributed by atoms with Gasteiger partial charge in [-0.1, -0.05) is 0 Å². The predicted octanol–water partition coefficient (Wildman–Crippen LogP) is -0.0124. The van der Waals surface area contributed by atoms with Gasteiger partial charge in [0.05, 0.1) is 19.3 Å². The summed E-state index contributed by atoms with van der Waals surface area (Å²) in [5, 5.41) is 0. The number of hydrogen-bond acceptors (Lipinski definition) is 4. The molecule has 2 aliphatic rings. The summed E-state index contributed by atoms with van der Waals surface area (Å²) in [4.78, 5) is 13.9. The second-order valence-electron chi connectivity index (χ2n) is 4.91. The van der Waals surface area contributed by atoms with Gasteiger partial charge in [0.1, 0.15) is 6.10 Å². The highest BCUT2D eigenvalue weighted by Crippen LogP contribution is 2.30. The Balaban J connectivity index is 1.71. The van der Waals surface area contributed by atoms with Gasteiger partial charge >= 0.3 is 0 Å². The Labute approximate surface area is 102 Å². The second kappa shape index (κ2) is 5.80. The molecule has 1 saturated heterocycles. The van der Waals surface area contributed by atoms with E-state index in [1.54, 1.807) is 0 Å². The maximum atomic E-state index is 12.0. The minimum absolute atomic E-state index is 0.0875. The van der Waals surface area contributed by atoms with Gasteiger partial charge in [-0.25, -0.2) is 0 Å². The summed E-state index contributed by atoms with van der Waals surface area (Å²) >= 11 is 0. The molecule has 0 aromatic heterocycles. The van der Waals surface area contributed by atoms with E-state index < -0.39 is 0 Å². The third-order valence-corrected chi connectivity index (χ3v) is 3.59. The van der Waals surface area contributed by atoms with Crippen LogP contribution in [0.2, 0.25) is 0 Å². The smallest absolute Gasteiger partial charge is 0.251 e. The van der Waals surface area contributed by atoms with Crippen molar-refractivity contribution in [2.45, 2.75) is 32.0 Å². The molecule has 5 heteroatoms. The molecule has 1 saturated carbocycles. The molecule has 1 aliphatic heterocycles. The minimum Gasteiger partial charge on any atom is -0.378 e. The van der Waals surface area contributed by atoms with E-state index in [1.165, 1.54) is 0 Å². The maximum absolute atomic E-state index is 12.0. The van der Waals surface area contributed by atoms with Gasteiger partial charge in [-0.05, 0) is 32.2 Å². The Morgan fingerprint density at radius 3 is 2.71 bits per heavy atom. The molecule has 2 rings (SSSR count). The fourth-order valence-electron chi connectivity index (χ4n) is 2.37. The van der Waals surface area contributed by atoms with Crippen LogP contribution in [0, 0.1) is 5.92 Å². The summed E-state index contributed by atoms with van der Waals surface area (Å²) < 4.78 is 11.0. The van der Waals surface area contributed by atoms with E-state index in [0.717, 1.165) is 19.4 Å². The summed E-state index contributed by atoms with van der Waals surface area (Å²) in [5.74, 6) is 0.676. The Kier molecular flexibility index (Phi) is 4.36. The predicted molar refractivity (Wildman–Crippen MR) is 63.5 cm³/mol. The average Bonchev–Trinajstić information content (AvgIpc) is 2.33. The van der Waals surface area contributed by atoms with E-state index in [1.807, 2.05) is 11.8 Å². The molecule has 1 unspecified atom stereocenters. The SMILES string of the molecule is CC(OC1CC(CN)C1)C(=O)N1CCOCC1. The average molecular weight is 242 g/mol. The summed E-state index contributed by atoms with van der Waals surface area (Å²) in [6.07, 6.45) is 1.88. The van der Waals surface area contributed by atoms with Crippen molar-refractivity contribution in [2.75, 3.05) is 32.8 Å². The van der Waals surface area contributed by atoms with Crippen LogP contribution in [0.5, 0.6) is 0 Å². The van der Waals surface area contributed by atoms with Crippen LogP contribution in [0.3, 0.4) is 0 Å². The van der Waals surface area contributed by atoms with Crippen LogP contribution in [0.15, 0.2) is 0 Å². The first-order valence-electron chi connectivity index (χ1n) is 6.42. The fourth-order valence-corrected chi connectivity index (χ4v) is 2.37. The number of nitrogens with zero attached hydrogens (tertiary/aromatic N) is 1. The zero-order valence-corrected chi connectivity index (χ0v) is 10.4. The van der Waals surface area contributed by atoms with Crippen LogP contribution in [0.1, 0.15) is 19.8 Å². The zero-order chi connectivity index (χ0) is 12.3. The highest BCUT2D eigenvalue weighted by atomic mass is 16.5. The molecular formula is C12H22N2O3. The number of ether oxygens (including phenoxy) is 2. The number of morpholine rings is 1. The van der Waals surface area contributed by atoms with Crippen LogP contribution in [-0.4, -0.2) is 55.9 Å². The van der Waals surface area contributed by atoms with Crippen LogP contribution < -0.4 is 5.73 Å². The largest absolute Gasteiger partial charge is 0.378 e. The van der Waals surface area contributed by atoms with Crippen LogP contribution >= 0.6 is 0 Å². The van der Waals surface area contributed by atoms with Gasteiger partial charge in [-0.15, -0.1) is 0 Å². The lowest BCUT2D eigenvalue weighted by Gasteiger charge is -2.37. The third kappa shape index (κ3) is 3.18. The van der Waals surface area contributed by atoms with Gasteiger partial charge in [0.25, 0.3) is 5.91 Å². The van der Waals surface area contributed by atoms with Crippen molar-refractivity contribution in [3.05, 3.63) is 0 Å². The van der Waals surface area contributed by atoms with Crippen LogP contribution in [-0.2, 0) is 14.3 Å². The number of carbonyl (C=O) groups excluding carboxylic acids is 1. The monoisotopic (exact) mass is 242 g/mol. The molecule has 1 atom stereocenters. The highest BCUT2D eigenvalue weighted by molar-refractivity contribution is 5.80. The van der Waals surface area contributed by atoms with Gasteiger partial charge in [-0.3, -0.25) is 4.79 Å². The molecule has 0 aromatic rings. The van der Waals surface area contributed by atoms with E-state index >= 15 is 0 Å². The normalized spacial score (nSPS) is 30.8. The molecule has 1 amide bonds. The molecule has 0 radical (unpaired) electrons. The number of hydrogen-bond donors (Lipinski definition) is 1. The van der Waals surface area contributed by atoms with Crippen molar-refractivity contribution in [2.24, 2.45) is 11.7 Å². The van der Waals surface area contributed by atoms with Gasteiger partial charge in [0, 0.05) is 13.1 Å². The molecule has 5 nitrogen and oxygen atoms in total. The van der Waals surface area contributed by atoms with E-state index in [0.29, 0.717) is 32.2 Å². The fraction of sp³-hybridized carbons (Fsp3) is 0.917. The van der Waals surface area contributed by atoms with Crippen LogP contribution in [0.4, 0.5) is 0 Å². The van der Waals surface area contributed by atoms with Gasteiger partial charge in [0.15, 0.2) is 0 Å². The summed E-state index contributed by atoms with van der Waals surface area (Å²) in [6, 6.07) is 0. The lowest BCUT2D eigenvalue weighted by Crippen LogP contribution is -2.47. The Morgan fingerprint density at radius 1 is 1.47 bits per heavy atom. The number of rotatable bonds is 4. The Morgan fingerprint density at radius 2 is 2.12 bits per heavy atom. The van der Waals surface area contributed by atoms with E-state index in [-0.39, 0.29) is 18.1 Å². The maximum Gasteiger partial charge on any atom is 0.251 e. The molecule has 0 bridgehead atoms. The second-order valence-corrected chi connectivity index (χ2v) is 4.91. The molecule has 98 valence electrons. The first-order chi connectivity index (χ1) is 8.20. The van der Waals surface area contributed by atoms with Crippen molar-refractivity contribution in [1.82, 2.24) is 4.90 Å². The molecule has 2 fully saturated rings. The topological polar surface area (TPSA) is 64.8 Å². The Bertz CT molecular complexity index is 260. The number of amides is 1. The van der Waals surface area contributed by atoms with Crippen molar-refractivity contribution >= 4 is 5.91 Å². The third-order valence-electron chi connectivity index (χ3n) is 3.59. The lowest BCUT2D eigenvalue weighted by molar-refractivity contribution is -0.155. The van der Waals surface area contributed by atoms with Gasteiger partial charge in [-0.2, -0.15) is 0 Å². The zero-order valence-electron chi connectivity index (χ0n) is 10.4. The minimum atomic E-state index is -0.336. The first kappa shape index (κ1) is 12.8. The number of carbonyl (C=O) groups is 1. The first-order valence-corrected chi connectivity index (χ1v) is 6.42. The molecule has 17 heavy (non-hydrogen) atoms.